The van der Waals surface area contributed by atoms with E-state index in [1.165, 1.54) is 17.0 Å². The number of rotatable bonds is 5. The quantitative estimate of drug-likeness (QED) is 0.521. The first-order chi connectivity index (χ1) is 14.5. The van der Waals surface area contributed by atoms with Gasteiger partial charge in [0.05, 0.1) is 22.8 Å². The third-order valence-electron chi connectivity index (χ3n) is 3.97. The van der Waals surface area contributed by atoms with Crippen LogP contribution in [0.2, 0.25) is 5.02 Å². The van der Waals surface area contributed by atoms with Gasteiger partial charge in [-0.25, -0.2) is 15.0 Å². The first kappa shape index (κ1) is 22.5. The molecule has 0 aliphatic carbocycles. The molecule has 3 aromatic heterocycles. The molecule has 4 N–H and O–H groups in total. The van der Waals surface area contributed by atoms with Crippen molar-refractivity contribution in [2.24, 2.45) is 7.05 Å². The number of hydrogen-bond acceptors (Lipinski definition) is 7. The number of hydrogen-bond donors (Lipinski definition) is 3. The molecule has 2 amide bonds. The standard InChI is InChI=1S/C17H15ClF3N7O2S/c1-7(25-15(30)13-26-11(22)6-28(13)2)16-24-5-10(31-16)14(29)27-12-3-8(17(19,20)21)9(18)4-23-12/h3-7H,22H2,1-2H3,(H,25,30)(H,23,27,29). The number of carbonyl (C=O) groups excluding carboxylic acids is 2. The number of nitrogen functional groups attached to an aromatic ring is 1. The van der Waals surface area contributed by atoms with Gasteiger partial charge in [0, 0.05) is 19.4 Å². The van der Waals surface area contributed by atoms with Gasteiger partial charge in [0.2, 0.25) is 5.82 Å². The second-order valence-electron chi connectivity index (χ2n) is 6.36. The zero-order valence-corrected chi connectivity index (χ0v) is 17.6. The number of halogens is 4. The molecule has 0 bridgehead atoms. The summed E-state index contributed by atoms with van der Waals surface area (Å²) in [6, 6.07) is 0.0753. The second kappa shape index (κ2) is 8.51. The lowest BCUT2D eigenvalue weighted by molar-refractivity contribution is -0.137. The molecule has 3 heterocycles. The van der Waals surface area contributed by atoms with Crippen molar-refractivity contribution in [1.29, 1.82) is 0 Å². The highest BCUT2D eigenvalue weighted by Gasteiger charge is 2.34. The fourth-order valence-corrected chi connectivity index (χ4v) is 3.54. The SMILES string of the molecule is CC(NC(=O)c1nc(N)cn1C)c1ncc(C(=O)Nc2cc(C(F)(F)F)c(Cl)cn2)s1. The van der Waals surface area contributed by atoms with E-state index in [9.17, 15) is 22.8 Å². The number of nitrogens with one attached hydrogen (secondary N) is 2. The van der Waals surface area contributed by atoms with E-state index in [1.54, 1.807) is 14.0 Å². The Morgan fingerprint density at radius 1 is 1.26 bits per heavy atom. The Labute approximate surface area is 182 Å². The van der Waals surface area contributed by atoms with E-state index in [1.807, 2.05) is 0 Å². The van der Waals surface area contributed by atoms with Crippen molar-refractivity contribution in [3.05, 3.63) is 51.0 Å². The molecule has 0 spiro atoms. The molecule has 0 aromatic carbocycles. The molecule has 3 aromatic rings. The van der Waals surface area contributed by atoms with E-state index in [-0.39, 0.29) is 22.3 Å². The maximum Gasteiger partial charge on any atom is 0.418 e. The zero-order valence-electron chi connectivity index (χ0n) is 16.0. The molecule has 0 radical (unpaired) electrons. The van der Waals surface area contributed by atoms with Crippen molar-refractivity contribution in [2.45, 2.75) is 19.1 Å². The van der Waals surface area contributed by atoms with Crippen LogP contribution in [0, 0.1) is 0 Å². The Bertz CT molecular complexity index is 1150. The topological polar surface area (TPSA) is 128 Å². The molecule has 31 heavy (non-hydrogen) atoms. The largest absolute Gasteiger partial charge is 0.418 e. The maximum absolute atomic E-state index is 13.0. The van der Waals surface area contributed by atoms with Gasteiger partial charge in [0.15, 0.2) is 0 Å². The number of amides is 2. The van der Waals surface area contributed by atoms with Crippen molar-refractivity contribution >= 4 is 46.4 Å². The van der Waals surface area contributed by atoms with Gasteiger partial charge >= 0.3 is 6.18 Å². The number of imidazole rings is 1. The Morgan fingerprint density at radius 3 is 2.58 bits per heavy atom. The third kappa shape index (κ3) is 5.11. The number of anilines is 2. The molecular weight excluding hydrogens is 459 g/mol. The third-order valence-corrected chi connectivity index (χ3v) is 5.45. The van der Waals surface area contributed by atoms with Crippen LogP contribution in [0.5, 0.6) is 0 Å². The summed E-state index contributed by atoms with van der Waals surface area (Å²) >= 11 is 6.48. The number of alkyl halides is 3. The van der Waals surface area contributed by atoms with Gasteiger partial charge in [-0.15, -0.1) is 11.3 Å². The van der Waals surface area contributed by atoms with Crippen LogP contribution in [0.3, 0.4) is 0 Å². The van der Waals surface area contributed by atoms with Crippen LogP contribution in [0.15, 0.2) is 24.7 Å². The van der Waals surface area contributed by atoms with E-state index < -0.39 is 34.6 Å². The summed E-state index contributed by atoms with van der Waals surface area (Å²) in [5.41, 5.74) is 4.44. The summed E-state index contributed by atoms with van der Waals surface area (Å²) in [6.45, 7) is 1.65. The summed E-state index contributed by atoms with van der Waals surface area (Å²) in [6.07, 6.45) is -1.15. The fraction of sp³-hybridized carbons (Fsp3) is 0.235. The van der Waals surface area contributed by atoms with Gasteiger partial charge in [0.1, 0.15) is 21.5 Å². The fourth-order valence-electron chi connectivity index (χ4n) is 2.52. The molecule has 0 aliphatic heterocycles. The maximum atomic E-state index is 13.0. The van der Waals surface area contributed by atoms with Crippen LogP contribution in [0.25, 0.3) is 0 Å². The molecule has 164 valence electrons. The van der Waals surface area contributed by atoms with Crippen LogP contribution in [-0.2, 0) is 13.2 Å². The molecule has 0 aliphatic rings. The van der Waals surface area contributed by atoms with Crippen molar-refractivity contribution in [3.8, 4) is 0 Å². The molecular formula is C17H15ClF3N7O2S. The van der Waals surface area contributed by atoms with Crippen LogP contribution < -0.4 is 16.4 Å². The van der Waals surface area contributed by atoms with Crippen LogP contribution >= 0.6 is 22.9 Å². The van der Waals surface area contributed by atoms with Gasteiger partial charge in [0.25, 0.3) is 11.8 Å². The number of nitrogens with two attached hydrogens (primary N) is 1. The average Bonchev–Trinajstić information content (AvgIpc) is 3.29. The Kier molecular flexibility index (Phi) is 6.18. The van der Waals surface area contributed by atoms with Crippen LogP contribution in [0.1, 0.15) is 43.8 Å². The summed E-state index contributed by atoms with van der Waals surface area (Å²) < 4.78 is 40.3. The molecule has 0 fully saturated rings. The number of nitrogens with zero attached hydrogens (tertiary/aromatic N) is 4. The van der Waals surface area contributed by atoms with E-state index in [0.717, 1.165) is 17.5 Å². The zero-order chi connectivity index (χ0) is 22.9. The molecule has 1 unspecified atom stereocenters. The van der Waals surface area contributed by atoms with Gasteiger partial charge in [-0.3, -0.25) is 9.59 Å². The van der Waals surface area contributed by atoms with Crippen molar-refractivity contribution in [3.63, 3.8) is 0 Å². The van der Waals surface area contributed by atoms with Gasteiger partial charge in [-0.1, -0.05) is 11.6 Å². The van der Waals surface area contributed by atoms with Crippen molar-refractivity contribution in [1.82, 2.24) is 24.8 Å². The molecule has 9 nitrogen and oxygen atoms in total. The summed E-state index contributed by atoms with van der Waals surface area (Å²) in [5, 5.41) is 4.78. The number of pyridine rings is 1. The van der Waals surface area contributed by atoms with E-state index in [0.29, 0.717) is 11.1 Å². The van der Waals surface area contributed by atoms with Crippen LogP contribution in [0.4, 0.5) is 24.8 Å². The minimum Gasteiger partial charge on any atom is -0.382 e. The normalized spacial score (nSPS) is 12.5. The summed E-state index contributed by atoms with van der Waals surface area (Å²) in [7, 11) is 1.61. The molecule has 0 saturated carbocycles. The lowest BCUT2D eigenvalue weighted by Crippen LogP contribution is -2.28. The predicted molar refractivity (Wildman–Crippen MR) is 108 cm³/mol. The van der Waals surface area contributed by atoms with Gasteiger partial charge in [-0.05, 0) is 13.0 Å². The monoisotopic (exact) mass is 473 g/mol. The van der Waals surface area contributed by atoms with E-state index in [2.05, 4.69) is 25.6 Å². The first-order valence-corrected chi connectivity index (χ1v) is 9.74. The second-order valence-corrected chi connectivity index (χ2v) is 7.83. The highest BCUT2D eigenvalue weighted by atomic mass is 35.5. The van der Waals surface area contributed by atoms with Gasteiger partial charge < -0.3 is 20.9 Å². The minimum atomic E-state index is -4.69. The Hall–Kier alpha value is -3.19. The smallest absolute Gasteiger partial charge is 0.382 e. The lowest BCUT2D eigenvalue weighted by atomic mass is 10.2. The minimum absolute atomic E-state index is 0.105. The van der Waals surface area contributed by atoms with Crippen LogP contribution in [-0.4, -0.2) is 31.3 Å². The van der Waals surface area contributed by atoms with E-state index in [4.69, 9.17) is 17.3 Å². The average molecular weight is 474 g/mol. The Balaban J connectivity index is 1.69. The molecule has 3 rings (SSSR count). The van der Waals surface area contributed by atoms with Crippen molar-refractivity contribution < 1.29 is 22.8 Å². The number of aryl methyl sites for hydroxylation is 1. The highest BCUT2D eigenvalue weighted by Crippen LogP contribution is 2.35. The summed E-state index contributed by atoms with van der Waals surface area (Å²) in [4.78, 5) is 36.5. The first-order valence-electron chi connectivity index (χ1n) is 8.55. The molecule has 1 atom stereocenters. The predicted octanol–water partition coefficient (Wildman–Crippen LogP) is 3.27. The number of aromatic nitrogens is 4. The summed E-state index contributed by atoms with van der Waals surface area (Å²) in [5.74, 6) is -1.21. The number of carbonyl (C=O) groups is 2. The highest BCUT2D eigenvalue weighted by molar-refractivity contribution is 7.13. The number of thiazole rings is 1. The molecule has 14 heteroatoms. The lowest BCUT2D eigenvalue weighted by Gasteiger charge is -2.11. The van der Waals surface area contributed by atoms with Crippen molar-refractivity contribution in [2.75, 3.05) is 11.1 Å². The van der Waals surface area contributed by atoms with E-state index >= 15 is 0 Å². The Morgan fingerprint density at radius 2 is 1.97 bits per heavy atom. The molecule has 0 saturated heterocycles. The van der Waals surface area contributed by atoms with Gasteiger partial charge in [-0.2, -0.15) is 13.2 Å².